The molecule has 2 N–H and O–H groups in total. The summed E-state index contributed by atoms with van der Waals surface area (Å²) in [5, 5.41) is 16.0. The van der Waals surface area contributed by atoms with Gasteiger partial charge in [0.25, 0.3) is 0 Å². The number of thiophene rings is 1. The van der Waals surface area contributed by atoms with Gasteiger partial charge in [-0.2, -0.15) is 0 Å². The highest BCUT2D eigenvalue weighted by Gasteiger charge is 2.30. The van der Waals surface area contributed by atoms with Crippen LogP contribution < -0.4 is 5.32 Å². The maximum atomic E-state index is 13.5. The molecule has 0 spiro atoms. The maximum absolute atomic E-state index is 13.5. The second-order valence-corrected chi connectivity index (χ2v) is 10.1. The zero-order chi connectivity index (χ0) is 25.1. The highest BCUT2D eigenvalue weighted by molar-refractivity contribution is 7.11. The van der Waals surface area contributed by atoms with Crippen molar-refractivity contribution in [1.29, 1.82) is 0 Å². The number of hydrogen-bond acceptors (Lipinski definition) is 6. The Morgan fingerprint density at radius 1 is 1.17 bits per heavy atom. The molecule has 2 aliphatic rings. The molecular formula is C30H30N2O3S. The molecule has 3 heterocycles. The molecule has 3 aromatic rings. The molecular weight excluding hydrogens is 468 g/mol. The van der Waals surface area contributed by atoms with E-state index in [2.05, 4.69) is 48.3 Å². The van der Waals surface area contributed by atoms with Crippen LogP contribution in [0.4, 0.5) is 0 Å². The summed E-state index contributed by atoms with van der Waals surface area (Å²) in [5.41, 5.74) is 6.16. The first-order chi connectivity index (χ1) is 17.5. The Morgan fingerprint density at radius 3 is 2.83 bits per heavy atom. The number of benzene rings is 2. The zero-order valence-electron chi connectivity index (χ0n) is 20.5. The van der Waals surface area contributed by atoms with Crippen LogP contribution in [0.5, 0.6) is 5.75 Å². The molecule has 1 unspecified atom stereocenters. The first-order valence-electron chi connectivity index (χ1n) is 12.3. The molecule has 1 aromatic heterocycles. The van der Waals surface area contributed by atoms with Gasteiger partial charge in [0.1, 0.15) is 12.4 Å². The molecule has 0 fully saturated rings. The lowest BCUT2D eigenvalue weighted by Crippen LogP contribution is -2.27. The second-order valence-electron chi connectivity index (χ2n) is 9.18. The lowest BCUT2D eigenvalue weighted by molar-refractivity contribution is -0.139. The number of fused-ring (bicyclic) bond motifs is 3. The van der Waals surface area contributed by atoms with Crippen molar-refractivity contribution >= 4 is 34.7 Å². The SMILES string of the molecule is CCC(C)NCc1cccc(COC(=O)C2=C3c4sccc4C=CN3CC(c3ccccc3O)=C2)c1. The summed E-state index contributed by atoms with van der Waals surface area (Å²) < 4.78 is 5.85. The van der Waals surface area contributed by atoms with E-state index in [-0.39, 0.29) is 18.3 Å². The number of ether oxygens (including phenoxy) is 1. The predicted molar refractivity (Wildman–Crippen MR) is 146 cm³/mol. The zero-order valence-corrected chi connectivity index (χ0v) is 21.3. The number of carbonyl (C=O) groups excluding carboxylic acids is 1. The quantitative estimate of drug-likeness (QED) is 0.363. The van der Waals surface area contributed by atoms with E-state index < -0.39 is 0 Å². The van der Waals surface area contributed by atoms with Gasteiger partial charge in [-0.25, -0.2) is 4.79 Å². The molecule has 6 heteroatoms. The maximum Gasteiger partial charge on any atom is 0.340 e. The lowest BCUT2D eigenvalue weighted by atomic mass is 9.94. The Morgan fingerprint density at radius 2 is 2.00 bits per heavy atom. The Balaban J connectivity index is 1.42. The third-order valence-corrected chi connectivity index (χ3v) is 7.58. The van der Waals surface area contributed by atoms with Crippen LogP contribution in [0.25, 0.3) is 17.3 Å². The van der Waals surface area contributed by atoms with Gasteiger partial charge < -0.3 is 20.1 Å². The molecule has 5 nitrogen and oxygen atoms in total. The van der Waals surface area contributed by atoms with E-state index in [4.69, 9.17) is 4.74 Å². The van der Waals surface area contributed by atoms with E-state index in [9.17, 15) is 9.90 Å². The largest absolute Gasteiger partial charge is 0.507 e. The molecule has 0 saturated carbocycles. The molecule has 0 bridgehead atoms. The van der Waals surface area contributed by atoms with E-state index in [1.165, 1.54) is 0 Å². The van der Waals surface area contributed by atoms with Gasteiger partial charge >= 0.3 is 5.97 Å². The van der Waals surface area contributed by atoms with E-state index in [1.807, 2.05) is 41.9 Å². The lowest BCUT2D eigenvalue weighted by Gasteiger charge is -2.33. The van der Waals surface area contributed by atoms with Gasteiger partial charge in [0.05, 0.1) is 16.1 Å². The predicted octanol–water partition coefficient (Wildman–Crippen LogP) is 6.18. The summed E-state index contributed by atoms with van der Waals surface area (Å²) in [6.07, 6.45) is 7.00. The molecule has 0 aliphatic carbocycles. The molecule has 5 rings (SSSR count). The molecule has 0 amide bonds. The monoisotopic (exact) mass is 498 g/mol. The Hall–Kier alpha value is -3.61. The number of aromatic hydroxyl groups is 1. The summed E-state index contributed by atoms with van der Waals surface area (Å²) in [5.74, 6) is -0.180. The van der Waals surface area contributed by atoms with Crippen LogP contribution in [0.2, 0.25) is 0 Å². The molecule has 2 aliphatic heterocycles. The normalized spacial score (nSPS) is 15.3. The summed E-state index contributed by atoms with van der Waals surface area (Å²) in [7, 11) is 0. The van der Waals surface area contributed by atoms with Gasteiger partial charge in [-0.1, -0.05) is 49.4 Å². The number of hydrogen-bond donors (Lipinski definition) is 2. The third kappa shape index (κ3) is 5.01. The highest BCUT2D eigenvalue weighted by atomic mass is 32.1. The van der Waals surface area contributed by atoms with Gasteiger partial charge in [-0.3, -0.25) is 0 Å². The first kappa shape index (κ1) is 24.1. The van der Waals surface area contributed by atoms with Crippen molar-refractivity contribution in [2.45, 2.75) is 39.5 Å². The van der Waals surface area contributed by atoms with Crippen molar-refractivity contribution in [1.82, 2.24) is 10.2 Å². The number of nitrogens with one attached hydrogen (secondary N) is 1. The molecule has 36 heavy (non-hydrogen) atoms. The molecule has 0 saturated heterocycles. The standard InChI is InChI=1S/C30H30N2O3S/c1-3-20(2)31-17-21-7-6-8-22(15-21)19-35-30(34)26-16-24(25-9-4-5-10-27(25)33)18-32-13-11-23-12-14-36-29(23)28(26)32/h4-16,20,31,33H,3,17-19H2,1-2H3. The molecule has 1 atom stereocenters. The Kier molecular flexibility index (Phi) is 7.07. The number of phenols is 1. The van der Waals surface area contributed by atoms with Crippen molar-refractivity contribution in [3.8, 4) is 5.75 Å². The minimum absolute atomic E-state index is 0.194. The van der Waals surface area contributed by atoms with Gasteiger partial charge in [-0.15, -0.1) is 11.3 Å². The highest BCUT2D eigenvalue weighted by Crippen LogP contribution is 2.41. The van der Waals surface area contributed by atoms with Crippen LogP contribution in [0.3, 0.4) is 0 Å². The van der Waals surface area contributed by atoms with Crippen LogP contribution in [-0.4, -0.2) is 28.6 Å². The van der Waals surface area contributed by atoms with Crippen LogP contribution in [0.15, 0.2) is 77.8 Å². The topological polar surface area (TPSA) is 61.8 Å². The average molecular weight is 499 g/mol. The number of nitrogens with zero attached hydrogens (tertiary/aromatic N) is 1. The molecule has 2 aromatic carbocycles. The third-order valence-electron chi connectivity index (χ3n) is 6.64. The number of carbonyl (C=O) groups is 1. The van der Waals surface area contributed by atoms with Crippen molar-refractivity contribution in [2.75, 3.05) is 6.54 Å². The summed E-state index contributed by atoms with van der Waals surface area (Å²) in [4.78, 5) is 16.6. The van der Waals surface area contributed by atoms with Crippen molar-refractivity contribution in [3.05, 3.63) is 105 Å². The van der Waals surface area contributed by atoms with Crippen molar-refractivity contribution in [3.63, 3.8) is 0 Å². The molecule has 0 radical (unpaired) electrons. The van der Waals surface area contributed by atoms with Crippen molar-refractivity contribution < 1.29 is 14.6 Å². The Bertz CT molecular complexity index is 1370. The number of rotatable bonds is 8. The van der Waals surface area contributed by atoms with Crippen LogP contribution in [-0.2, 0) is 22.7 Å². The first-order valence-corrected chi connectivity index (χ1v) is 13.2. The van der Waals surface area contributed by atoms with E-state index in [1.54, 1.807) is 23.5 Å². The summed E-state index contributed by atoms with van der Waals surface area (Å²) in [6, 6.07) is 17.9. The number of para-hydroxylation sites is 1. The second kappa shape index (κ2) is 10.6. The van der Waals surface area contributed by atoms with Gasteiger partial charge in [0.15, 0.2) is 0 Å². The summed E-state index contributed by atoms with van der Waals surface area (Å²) in [6.45, 7) is 5.86. The van der Waals surface area contributed by atoms with Crippen LogP contribution in [0, 0.1) is 0 Å². The minimum Gasteiger partial charge on any atom is -0.507 e. The van der Waals surface area contributed by atoms with E-state index >= 15 is 0 Å². The van der Waals surface area contributed by atoms with Crippen molar-refractivity contribution in [2.24, 2.45) is 0 Å². The van der Waals surface area contributed by atoms with Gasteiger partial charge in [-0.05, 0) is 65.3 Å². The fraction of sp³-hybridized carbons (Fsp3) is 0.233. The fourth-order valence-corrected chi connectivity index (χ4v) is 5.42. The Labute approximate surface area is 216 Å². The van der Waals surface area contributed by atoms with E-state index in [0.29, 0.717) is 23.7 Å². The average Bonchev–Trinajstić information content (AvgIpc) is 3.39. The van der Waals surface area contributed by atoms with Gasteiger partial charge in [0.2, 0.25) is 0 Å². The van der Waals surface area contributed by atoms with Crippen LogP contribution in [0.1, 0.15) is 47.4 Å². The number of esters is 1. The minimum atomic E-state index is -0.375. The smallest absolute Gasteiger partial charge is 0.340 e. The molecule has 184 valence electrons. The fourth-order valence-electron chi connectivity index (χ4n) is 4.45. The van der Waals surface area contributed by atoms with E-state index in [0.717, 1.165) is 45.8 Å². The van der Waals surface area contributed by atoms with Gasteiger partial charge in [0, 0.05) is 30.9 Å². The number of phenolic OH excluding ortho intramolecular Hbond substituents is 1. The summed E-state index contributed by atoms with van der Waals surface area (Å²) >= 11 is 1.61. The van der Waals surface area contributed by atoms with Crippen LogP contribution >= 0.6 is 11.3 Å².